The van der Waals surface area contributed by atoms with Crippen molar-refractivity contribution < 1.29 is 0 Å². The number of nitrogens with one attached hydrogen (secondary N) is 1. The van der Waals surface area contributed by atoms with E-state index in [1.165, 1.54) is 0 Å². The van der Waals surface area contributed by atoms with E-state index >= 15 is 0 Å². The molecule has 21 heavy (non-hydrogen) atoms. The van der Waals surface area contributed by atoms with Gasteiger partial charge in [-0.05, 0) is 41.1 Å². The van der Waals surface area contributed by atoms with Crippen LogP contribution in [0.3, 0.4) is 0 Å². The zero-order valence-electron chi connectivity index (χ0n) is 11.7. The molecule has 2 aromatic carbocycles. The Morgan fingerprint density at radius 3 is 2.81 bits per heavy atom. The molecule has 1 aromatic heterocycles. The Hall–Kier alpha value is -1.94. The van der Waals surface area contributed by atoms with Crippen molar-refractivity contribution in [2.45, 2.75) is 13.0 Å². The highest BCUT2D eigenvalue weighted by atomic mass is 35.5. The summed E-state index contributed by atoms with van der Waals surface area (Å²) >= 11 is 6.24. The first-order valence-electron chi connectivity index (χ1n) is 6.75. The minimum atomic E-state index is -0.129. The second-order valence-electron chi connectivity index (χ2n) is 5.05. The number of halogens is 1. The summed E-state index contributed by atoms with van der Waals surface area (Å²) in [6, 6.07) is 14.0. The van der Waals surface area contributed by atoms with Crippen molar-refractivity contribution in [2.75, 3.05) is 0 Å². The van der Waals surface area contributed by atoms with Crippen molar-refractivity contribution in [1.29, 1.82) is 0 Å². The Bertz CT molecular complexity index is 781. The number of hydrogen-bond acceptors (Lipinski definition) is 3. The number of nitrogens with zero attached hydrogens (tertiary/aromatic N) is 1. The minimum absolute atomic E-state index is 0.129. The second kappa shape index (κ2) is 5.82. The molecule has 3 aromatic rings. The zero-order valence-corrected chi connectivity index (χ0v) is 12.4. The van der Waals surface area contributed by atoms with Gasteiger partial charge in [-0.25, -0.2) is 5.43 Å². The van der Waals surface area contributed by atoms with Crippen molar-refractivity contribution in [3.05, 3.63) is 76.6 Å². The molecule has 3 rings (SSSR count). The molecule has 0 saturated heterocycles. The maximum atomic E-state index is 6.24. The summed E-state index contributed by atoms with van der Waals surface area (Å²) < 4.78 is 0. The predicted molar refractivity (Wildman–Crippen MR) is 87.1 cm³/mol. The molecule has 0 fully saturated rings. The normalized spacial score (nSPS) is 12.5. The fraction of sp³-hybridized carbons (Fsp3) is 0.118. The van der Waals surface area contributed by atoms with Crippen molar-refractivity contribution in [3.63, 3.8) is 0 Å². The lowest BCUT2D eigenvalue weighted by molar-refractivity contribution is 0.641. The molecule has 0 aliphatic heterocycles. The molecule has 106 valence electrons. The van der Waals surface area contributed by atoms with Crippen LogP contribution in [0.15, 0.2) is 54.9 Å². The highest BCUT2D eigenvalue weighted by Gasteiger charge is 2.16. The molecule has 0 aliphatic carbocycles. The van der Waals surface area contributed by atoms with Gasteiger partial charge in [0.05, 0.1) is 6.04 Å². The number of hydrogen-bond donors (Lipinski definition) is 2. The van der Waals surface area contributed by atoms with Crippen LogP contribution in [0.5, 0.6) is 0 Å². The van der Waals surface area contributed by atoms with Gasteiger partial charge in [0.2, 0.25) is 0 Å². The van der Waals surface area contributed by atoms with E-state index in [1.54, 1.807) is 6.20 Å². The molecule has 0 radical (unpaired) electrons. The van der Waals surface area contributed by atoms with Crippen LogP contribution in [0.25, 0.3) is 10.8 Å². The topological polar surface area (TPSA) is 50.9 Å². The first-order valence-corrected chi connectivity index (χ1v) is 7.13. The fourth-order valence-electron chi connectivity index (χ4n) is 2.54. The Labute approximate surface area is 128 Å². The van der Waals surface area contributed by atoms with E-state index in [1.807, 2.05) is 43.5 Å². The average Bonchev–Trinajstić information content (AvgIpc) is 2.52. The van der Waals surface area contributed by atoms with Crippen LogP contribution in [-0.2, 0) is 0 Å². The van der Waals surface area contributed by atoms with Gasteiger partial charge in [0.1, 0.15) is 0 Å². The molecule has 0 amide bonds. The SMILES string of the molecule is Cc1ccc(C(NN)c2cccc3ccncc23)cc1Cl. The number of aromatic nitrogens is 1. The van der Waals surface area contributed by atoms with Crippen LogP contribution >= 0.6 is 11.6 Å². The first-order chi connectivity index (χ1) is 10.2. The molecule has 3 nitrogen and oxygen atoms in total. The van der Waals surface area contributed by atoms with Crippen molar-refractivity contribution >= 4 is 22.4 Å². The number of aryl methyl sites for hydroxylation is 1. The van der Waals surface area contributed by atoms with Crippen LogP contribution in [0.1, 0.15) is 22.7 Å². The Balaban J connectivity index is 2.16. The van der Waals surface area contributed by atoms with E-state index in [0.29, 0.717) is 0 Å². The summed E-state index contributed by atoms with van der Waals surface area (Å²) in [5, 5.41) is 2.96. The van der Waals surface area contributed by atoms with Crippen LogP contribution in [0.4, 0.5) is 0 Å². The third-order valence-electron chi connectivity index (χ3n) is 3.72. The molecule has 0 aliphatic rings. The maximum absolute atomic E-state index is 6.24. The van der Waals surface area contributed by atoms with Crippen LogP contribution in [0, 0.1) is 6.92 Å². The average molecular weight is 298 g/mol. The van der Waals surface area contributed by atoms with E-state index in [9.17, 15) is 0 Å². The van der Waals surface area contributed by atoms with Gasteiger partial charge in [0, 0.05) is 22.8 Å². The Kier molecular flexibility index (Phi) is 3.88. The van der Waals surface area contributed by atoms with E-state index in [-0.39, 0.29) is 6.04 Å². The molecule has 1 unspecified atom stereocenters. The quantitative estimate of drug-likeness (QED) is 0.572. The summed E-state index contributed by atoms with van der Waals surface area (Å²) in [5.41, 5.74) is 6.06. The zero-order chi connectivity index (χ0) is 14.8. The van der Waals surface area contributed by atoms with Gasteiger partial charge in [-0.15, -0.1) is 0 Å². The summed E-state index contributed by atoms with van der Waals surface area (Å²) in [4.78, 5) is 4.22. The highest BCUT2D eigenvalue weighted by molar-refractivity contribution is 6.31. The van der Waals surface area contributed by atoms with Gasteiger partial charge in [0.25, 0.3) is 0 Å². The lowest BCUT2D eigenvalue weighted by Gasteiger charge is -2.19. The molecule has 4 heteroatoms. The number of pyridine rings is 1. The molecular weight excluding hydrogens is 282 g/mol. The monoisotopic (exact) mass is 297 g/mol. The molecular formula is C17H16ClN3. The first kappa shape index (κ1) is 14.0. The van der Waals surface area contributed by atoms with Crippen molar-refractivity contribution in [2.24, 2.45) is 5.84 Å². The molecule has 0 saturated carbocycles. The lowest BCUT2D eigenvalue weighted by atomic mass is 9.94. The fourth-order valence-corrected chi connectivity index (χ4v) is 2.73. The van der Waals surface area contributed by atoms with Gasteiger partial charge < -0.3 is 0 Å². The smallest absolute Gasteiger partial charge is 0.0717 e. The number of hydrazine groups is 1. The molecule has 0 spiro atoms. The third-order valence-corrected chi connectivity index (χ3v) is 4.13. The number of fused-ring (bicyclic) bond motifs is 1. The molecule has 1 atom stereocenters. The van der Waals surface area contributed by atoms with E-state index < -0.39 is 0 Å². The number of benzene rings is 2. The van der Waals surface area contributed by atoms with Gasteiger partial charge in [0.15, 0.2) is 0 Å². The summed E-state index contributed by atoms with van der Waals surface area (Å²) in [5.74, 6) is 5.80. The van der Waals surface area contributed by atoms with E-state index in [2.05, 4.69) is 22.5 Å². The summed E-state index contributed by atoms with van der Waals surface area (Å²) in [6.45, 7) is 1.98. The largest absolute Gasteiger partial charge is 0.271 e. The van der Waals surface area contributed by atoms with Gasteiger partial charge in [-0.1, -0.05) is 41.9 Å². The second-order valence-corrected chi connectivity index (χ2v) is 5.46. The van der Waals surface area contributed by atoms with Crippen LogP contribution < -0.4 is 11.3 Å². The van der Waals surface area contributed by atoms with Gasteiger partial charge in [-0.2, -0.15) is 0 Å². The lowest BCUT2D eigenvalue weighted by Crippen LogP contribution is -2.29. The van der Waals surface area contributed by atoms with Crippen LogP contribution in [-0.4, -0.2) is 4.98 Å². The molecule has 1 heterocycles. The highest BCUT2D eigenvalue weighted by Crippen LogP contribution is 2.30. The molecule has 0 bridgehead atoms. The van der Waals surface area contributed by atoms with Crippen molar-refractivity contribution in [3.8, 4) is 0 Å². The summed E-state index contributed by atoms with van der Waals surface area (Å²) in [7, 11) is 0. The predicted octanol–water partition coefficient (Wildman–Crippen LogP) is 3.75. The molecule has 3 N–H and O–H groups in total. The van der Waals surface area contributed by atoms with E-state index in [4.69, 9.17) is 17.4 Å². The Morgan fingerprint density at radius 1 is 1.19 bits per heavy atom. The number of nitrogens with two attached hydrogens (primary N) is 1. The van der Waals surface area contributed by atoms with Gasteiger partial charge >= 0.3 is 0 Å². The number of rotatable bonds is 3. The Morgan fingerprint density at radius 2 is 2.05 bits per heavy atom. The minimum Gasteiger partial charge on any atom is -0.271 e. The third kappa shape index (κ3) is 2.63. The standard InChI is InChI=1S/C17H16ClN3/c1-11-5-6-13(9-16(11)18)17(21-19)14-4-2-3-12-7-8-20-10-15(12)14/h2-10,17,21H,19H2,1H3. The van der Waals surface area contributed by atoms with Crippen LogP contribution in [0.2, 0.25) is 5.02 Å². The van der Waals surface area contributed by atoms with E-state index in [0.717, 1.165) is 32.5 Å². The van der Waals surface area contributed by atoms with Gasteiger partial charge in [-0.3, -0.25) is 10.8 Å². The summed E-state index contributed by atoms with van der Waals surface area (Å²) in [6.07, 6.45) is 3.66. The van der Waals surface area contributed by atoms with Crippen molar-refractivity contribution in [1.82, 2.24) is 10.4 Å². The maximum Gasteiger partial charge on any atom is 0.0717 e.